The van der Waals surface area contributed by atoms with Crippen LogP contribution in [-0.2, 0) is 7.05 Å². The molecule has 2 aromatic heterocycles. The van der Waals surface area contributed by atoms with E-state index in [1.165, 1.54) is 0 Å². The average Bonchev–Trinajstić information content (AvgIpc) is 2.88. The van der Waals surface area contributed by atoms with Crippen molar-refractivity contribution in [3.8, 4) is 0 Å². The standard InChI is InChI=1S/C13H15ClN8/c1-22-7-9(5-18-22)19-13-17-6-10(14)12(21-13)20-11-4-8(15)2-3-16-11/h2-7,13,19,21H,1H3,(H3,15,16,20). The van der Waals surface area contributed by atoms with E-state index in [1.807, 2.05) is 13.2 Å². The third-order valence-electron chi connectivity index (χ3n) is 2.90. The number of nitrogens with two attached hydrogens (primary N) is 1. The first-order chi connectivity index (χ1) is 10.6. The number of pyridine rings is 1. The van der Waals surface area contributed by atoms with Gasteiger partial charge in [0.1, 0.15) is 11.6 Å². The first-order valence-corrected chi connectivity index (χ1v) is 6.91. The minimum absolute atomic E-state index is 0.366. The molecule has 1 unspecified atom stereocenters. The average molecular weight is 319 g/mol. The quantitative estimate of drug-likeness (QED) is 0.677. The Morgan fingerprint density at radius 2 is 2.32 bits per heavy atom. The van der Waals surface area contributed by atoms with E-state index in [0.29, 0.717) is 22.4 Å². The van der Waals surface area contributed by atoms with Crippen LogP contribution in [0.3, 0.4) is 0 Å². The molecule has 1 aliphatic rings. The monoisotopic (exact) mass is 318 g/mol. The molecule has 0 saturated heterocycles. The Kier molecular flexibility index (Phi) is 3.84. The third kappa shape index (κ3) is 3.29. The number of aliphatic imine (C=N–C) groups is 1. The van der Waals surface area contributed by atoms with Gasteiger partial charge in [-0.1, -0.05) is 11.6 Å². The summed E-state index contributed by atoms with van der Waals surface area (Å²) in [6.07, 6.45) is 6.39. The van der Waals surface area contributed by atoms with Crippen molar-refractivity contribution in [2.24, 2.45) is 12.0 Å². The molecule has 3 rings (SSSR count). The van der Waals surface area contributed by atoms with E-state index in [2.05, 4.69) is 31.0 Å². The Hall–Kier alpha value is -2.74. The molecule has 0 aromatic carbocycles. The molecule has 0 saturated carbocycles. The second kappa shape index (κ2) is 5.94. The highest BCUT2D eigenvalue weighted by Crippen LogP contribution is 2.16. The number of nitrogen functional groups attached to an aromatic ring is 1. The first kappa shape index (κ1) is 14.2. The van der Waals surface area contributed by atoms with Crippen molar-refractivity contribution in [1.82, 2.24) is 20.1 Å². The van der Waals surface area contributed by atoms with Gasteiger partial charge in [-0.3, -0.25) is 4.68 Å². The van der Waals surface area contributed by atoms with Crippen molar-refractivity contribution >= 4 is 35.0 Å². The lowest BCUT2D eigenvalue weighted by Crippen LogP contribution is -2.39. The maximum atomic E-state index is 6.15. The van der Waals surface area contributed by atoms with Crippen molar-refractivity contribution in [2.45, 2.75) is 6.29 Å². The highest BCUT2D eigenvalue weighted by atomic mass is 35.5. The number of halogens is 1. The van der Waals surface area contributed by atoms with Crippen molar-refractivity contribution in [1.29, 1.82) is 0 Å². The molecule has 0 bridgehead atoms. The van der Waals surface area contributed by atoms with Crippen LogP contribution < -0.4 is 21.7 Å². The van der Waals surface area contributed by atoms with Gasteiger partial charge >= 0.3 is 0 Å². The summed E-state index contributed by atoms with van der Waals surface area (Å²) in [5.74, 6) is 1.19. The summed E-state index contributed by atoms with van der Waals surface area (Å²) in [6, 6.07) is 3.43. The lowest BCUT2D eigenvalue weighted by molar-refractivity contribution is 0.653. The van der Waals surface area contributed by atoms with Gasteiger partial charge in [0.15, 0.2) is 6.29 Å². The van der Waals surface area contributed by atoms with Gasteiger partial charge in [-0.05, 0) is 6.07 Å². The van der Waals surface area contributed by atoms with Crippen LogP contribution >= 0.6 is 11.6 Å². The number of allylic oxidation sites excluding steroid dienone is 1. The molecule has 1 atom stereocenters. The number of rotatable bonds is 4. The Morgan fingerprint density at radius 1 is 1.45 bits per heavy atom. The largest absolute Gasteiger partial charge is 0.399 e. The normalized spacial score (nSPS) is 17.3. The SMILES string of the molecule is Cn1cc(NC2N=CC(Cl)=C(Nc3cc(N)ccn3)N2)cn1. The molecule has 2 aromatic rings. The second-order valence-corrected chi connectivity index (χ2v) is 5.10. The third-order valence-corrected chi connectivity index (χ3v) is 3.19. The van der Waals surface area contributed by atoms with E-state index in [9.17, 15) is 0 Å². The van der Waals surface area contributed by atoms with E-state index in [0.717, 1.165) is 5.69 Å². The molecule has 8 nitrogen and oxygen atoms in total. The fourth-order valence-electron chi connectivity index (χ4n) is 1.91. The van der Waals surface area contributed by atoms with Crippen molar-refractivity contribution in [2.75, 3.05) is 16.4 Å². The van der Waals surface area contributed by atoms with Gasteiger partial charge in [-0.25, -0.2) is 9.98 Å². The number of aryl methyl sites for hydroxylation is 1. The highest BCUT2D eigenvalue weighted by molar-refractivity contribution is 6.39. The van der Waals surface area contributed by atoms with Gasteiger partial charge in [0.05, 0.1) is 16.9 Å². The lowest BCUT2D eigenvalue weighted by atomic mass is 10.4. The molecular formula is C13H15ClN8. The van der Waals surface area contributed by atoms with Gasteiger partial charge in [-0.15, -0.1) is 0 Å². The van der Waals surface area contributed by atoms with E-state index < -0.39 is 0 Å². The molecule has 114 valence electrons. The van der Waals surface area contributed by atoms with E-state index in [-0.39, 0.29) is 6.29 Å². The Balaban J connectivity index is 1.70. The number of hydrogen-bond donors (Lipinski definition) is 4. The number of nitrogens with zero attached hydrogens (tertiary/aromatic N) is 4. The van der Waals surface area contributed by atoms with Crippen LogP contribution in [0, 0.1) is 0 Å². The van der Waals surface area contributed by atoms with Crippen LogP contribution in [0.25, 0.3) is 0 Å². The smallest absolute Gasteiger partial charge is 0.195 e. The predicted octanol–water partition coefficient (Wildman–Crippen LogP) is 1.29. The Bertz CT molecular complexity index is 735. The fourth-order valence-corrected chi connectivity index (χ4v) is 2.07. The topological polar surface area (TPSA) is 105 Å². The van der Waals surface area contributed by atoms with Crippen molar-refractivity contribution < 1.29 is 0 Å². The van der Waals surface area contributed by atoms with Crippen LogP contribution in [-0.4, -0.2) is 27.3 Å². The second-order valence-electron chi connectivity index (χ2n) is 4.69. The van der Waals surface area contributed by atoms with Crippen LogP contribution in [0.1, 0.15) is 0 Å². The molecule has 0 fully saturated rings. The van der Waals surface area contributed by atoms with E-state index in [1.54, 1.807) is 35.4 Å². The first-order valence-electron chi connectivity index (χ1n) is 6.53. The highest BCUT2D eigenvalue weighted by Gasteiger charge is 2.16. The van der Waals surface area contributed by atoms with Crippen LogP contribution in [0.15, 0.2) is 46.6 Å². The molecule has 5 N–H and O–H groups in total. The molecule has 9 heteroatoms. The number of hydrogen-bond acceptors (Lipinski definition) is 7. The van der Waals surface area contributed by atoms with Gasteiger partial charge < -0.3 is 21.7 Å². The summed E-state index contributed by atoms with van der Waals surface area (Å²) in [7, 11) is 1.85. The number of aromatic nitrogens is 3. The maximum absolute atomic E-state index is 6.15. The summed E-state index contributed by atoms with van der Waals surface area (Å²) in [6.45, 7) is 0. The fraction of sp³-hybridized carbons (Fsp3) is 0.154. The predicted molar refractivity (Wildman–Crippen MR) is 87.4 cm³/mol. The number of nitrogens with one attached hydrogen (secondary N) is 3. The van der Waals surface area contributed by atoms with Gasteiger partial charge in [0, 0.05) is 37.4 Å². The Morgan fingerprint density at radius 3 is 3.05 bits per heavy atom. The van der Waals surface area contributed by atoms with Crippen molar-refractivity contribution in [3.63, 3.8) is 0 Å². The zero-order valence-corrected chi connectivity index (χ0v) is 12.5. The lowest BCUT2D eigenvalue weighted by Gasteiger charge is -2.24. The minimum atomic E-state index is -0.366. The van der Waals surface area contributed by atoms with Gasteiger partial charge in [-0.2, -0.15) is 5.10 Å². The van der Waals surface area contributed by atoms with Gasteiger partial charge in [0.25, 0.3) is 0 Å². The number of anilines is 3. The van der Waals surface area contributed by atoms with Crippen LogP contribution in [0.5, 0.6) is 0 Å². The van der Waals surface area contributed by atoms with Gasteiger partial charge in [0.2, 0.25) is 0 Å². The van der Waals surface area contributed by atoms with E-state index >= 15 is 0 Å². The molecule has 1 aliphatic heterocycles. The zero-order valence-electron chi connectivity index (χ0n) is 11.8. The molecule has 0 amide bonds. The molecule has 0 radical (unpaired) electrons. The summed E-state index contributed by atoms with van der Waals surface area (Å²) in [5, 5.41) is 13.9. The van der Waals surface area contributed by atoms with Crippen molar-refractivity contribution in [3.05, 3.63) is 41.6 Å². The zero-order chi connectivity index (χ0) is 15.5. The molecule has 0 aliphatic carbocycles. The molecule has 3 heterocycles. The Labute approximate surface area is 132 Å². The minimum Gasteiger partial charge on any atom is -0.399 e. The summed E-state index contributed by atoms with van der Waals surface area (Å²) >= 11 is 6.15. The summed E-state index contributed by atoms with van der Waals surface area (Å²) < 4.78 is 1.70. The maximum Gasteiger partial charge on any atom is 0.195 e. The van der Waals surface area contributed by atoms with Crippen LogP contribution in [0.2, 0.25) is 0 Å². The summed E-state index contributed by atoms with van der Waals surface area (Å²) in [5.41, 5.74) is 7.19. The molecule has 22 heavy (non-hydrogen) atoms. The summed E-state index contributed by atoms with van der Waals surface area (Å²) in [4.78, 5) is 8.44. The van der Waals surface area contributed by atoms with Crippen LogP contribution in [0.4, 0.5) is 17.2 Å². The van der Waals surface area contributed by atoms with E-state index in [4.69, 9.17) is 17.3 Å². The molecule has 0 spiro atoms. The molecular weight excluding hydrogens is 304 g/mol.